The van der Waals surface area contributed by atoms with Gasteiger partial charge in [0.1, 0.15) is 17.2 Å². The summed E-state index contributed by atoms with van der Waals surface area (Å²) in [6.45, 7) is 5.74. The van der Waals surface area contributed by atoms with Gasteiger partial charge >= 0.3 is 6.18 Å². The molecule has 3 aromatic rings. The highest BCUT2D eigenvalue weighted by Crippen LogP contribution is 2.39. The second-order valence-corrected chi connectivity index (χ2v) is 7.90. The Hall–Kier alpha value is -2.81. The van der Waals surface area contributed by atoms with Crippen LogP contribution in [0.5, 0.6) is 5.88 Å². The van der Waals surface area contributed by atoms with E-state index in [2.05, 4.69) is 9.97 Å². The minimum atomic E-state index is -4.78. The summed E-state index contributed by atoms with van der Waals surface area (Å²) in [4.78, 5) is 7.73. The number of aromatic nitrogens is 2. The van der Waals surface area contributed by atoms with Crippen molar-refractivity contribution in [3.05, 3.63) is 53.9 Å². The number of pyridine rings is 2. The Morgan fingerprint density at radius 2 is 1.77 bits per heavy atom. The van der Waals surface area contributed by atoms with Crippen molar-refractivity contribution in [2.75, 3.05) is 0 Å². The zero-order valence-corrected chi connectivity index (χ0v) is 17.2. The monoisotopic (exact) mass is 439 g/mol. The first kappa shape index (κ1) is 22.9. The predicted octanol–water partition coefficient (Wildman–Crippen LogP) is 5.94. The van der Waals surface area contributed by atoms with Crippen molar-refractivity contribution in [2.45, 2.75) is 39.6 Å². The molecule has 0 amide bonds. The molecule has 1 unspecified atom stereocenters. The lowest BCUT2D eigenvalue weighted by Gasteiger charge is -2.24. The molecule has 0 saturated heterocycles. The Bertz CT molecular complexity index is 1080. The molecule has 0 saturated carbocycles. The van der Waals surface area contributed by atoms with E-state index in [0.29, 0.717) is 18.4 Å². The van der Waals surface area contributed by atoms with Crippen molar-refractivity contribution in [2.24, 2.45) is 17.6 Å². The van der Waals surface area contributed by atoms with Gasteiger partial charge in [-0.1, -0.05) is 20.8 Å². The van der Waals surface area contributed by atoms with Crippen LogP contribution in [0, 0.1) is 23.5 Å². The highest BCUT2D eigenvalue weighted by Gasteiger charge is 2.37. The molecule has 2 atom stereocenters. The van der Waals surface area contributed by atoms with Gasteiger partial charge in [-0.25, -0.2) is 13.8 Å². The Labute approximate surface area is 176 Å². The fraction of sp³-hybridized carbons (Fsp3) is 0.364. The van der Waals surface area contributed by atoms with Crippen molar-refractivity contribution >= 4 is 10.9 Å². The molecule has 9 heteroatoms. The molecule has 2 heterocycles. The molecule has 31 heavy (non-hydrogen) atoms. The highest BCUT2D eigenvalue weighted by atomic mass is 19.4. The molecule has 0 radical (unpaired) electrons. The third-order valence-corrected chi connectivity index (χ3v) is 4.88. The first-order valence-corrected chi connectivity index (χ1v) is 9.71. The molecule has 0 aliphatic rings. The Kier molecular flexibility index (Phi) is 6.45. The van der Waals surface area contributed by atoms with Gasteiger partial charge in [-0.05, 0) is 30.0 Å². The Morgan fingerprint density at radius 3 is 2.42 bits per heavy atom. The van der Waals surface area contributed by atoms with Crippen LogP contribution in [-0.4, -0.2) is 16.2 Å². The molecular formula is C22H22F5N3O. The van der Waals surface area contributed by atoms with E-state index in [-0.39, 0.29) is 27.9 Å². The Morgan fingerprint density at radius 1 is 1.06 bits per heavy atom. The van der Waals surface area contributed by atoms with Gasteiger partial charge in [-0.3, -0.25) is 10.7 Å². The van der Waals surface area contributed by atoms with Crippen molar-refractivity contribution in [3.63, 3.8) is 0 Å². The number of hydrogen-bond acceptors (Lipinski definition) is 4. The van der Waals surface area contributed by atoms with E-state index in [4.69, 9.17) is 10.5 Å². The third kappa shape index (κ3) is 5.10. The summed E-state index contributed by atoms with van der Waals surface area (Å²) in [6, 6.07) is 3.82. The lowest BCUT2D eigenvalue weighted by atomic mass is 9.97. The van der Waals surface area contributed by atoms with Gasteiger partial charge in [0.05, 0.1) is 5.52 Å². The summed E-state index contributed by atoms with van der Waals surface area (Å²) < 4.78 is 74.5. The maximum absolute atomic E-state index is 14.4. The van der Waals surface area contributed by atoms with Crippen LogP contribution in [-0.2, 0) is 6.18 Å². The highest BCUT2D eigenvalue weighted by molar-refractivity contribution is 5.94. The number of benzene rings is 1. The predicted molar refractivity (Wildman–Crippen MR) is 107 cm³/mol. The lowest BCUT2D eigenvalue weighted by Crippen LogP contribution is -2.35. The molecule has 0 bridgehead atoms. The number of hydrogen-bond donors (Lipinski definition) is 1. The summed E-state index contributed by atoms with van der Waals surface area (Å²) in [5, 5.41) is -0.102. The molecular weight excluding hydrogens is 417 g/mol. The van der Waals surface area contributed by atoms with Crippen LogP contribution in [0.15, 0.2) is 36.7 Å². The zero-order valence-electron chi connectivity index (χ0n) is 17.2. The molecule has 0 aliphatic carbocycles. The van der Waals surface area contributed by atoms with Crippen molar-refractivity contribution in [1.82, 2.24) is 9.97 Å². The van der Waals surface area contributed by atoms with Gasteiger partial charge in [-0.15, -0.1) is 0 Å². The number of nitrogens with zero attached hydrogens (tertiary/aromatic N) is 2. The normalized spacial score (nSPS) is 14.1. The van der Waals surface area contributed by atoms with Gasteiger partial charge in [0.25, 0.3) is 0 Å². The summed E-state index contributed by atoms with van der Waals surface area (Å²) in [7, 11) is 0. The van der Waals surface area contributed by atoms with Gasteiger partial charge in [0.2, 0.25) is 5.88 Å². The van der Waals surface area contributed by atoms with Crippen LogP contribution < -0.4 is 10.5 Å². The van der Waals surface area contributed by atoms with Crippen LogP contribution in [0.3, 0.4) is 0 Å². The largest absolute Gasteiger partial charge is 0.458 e. The summed E-state index contributed by atoms with van der Waals surface area (Å²) in [6.07, 6.45) is -2.70. The molecule has 1 aromatic carbocycles. The lowest BCUT2D eigenvalue weighted by molar-refractivity contribution is -0.139. The van der Waals surface area contributed by atoms with Crippen LogP contribution in [0.25, 0.3) is 22.0 Å². The SMILES string of the molecule is CC(C)CC(C)[C@@H](N)Oc1ncc(-c2ccnc3cc(F)cc(F)c23)cc1C(F)(F)F. The quantitative estimate of drug-likeness (QED) is 0.381. The molecule has 3 rings (SSSR count). The van der Waals surface area contributed by atoms with Gasteiger partial charge < -0.3 is 4.74 Å². The molecule has 2 aromatic heterocycles. The summed E-state index contributed by atoms with van der Waals surface area (Å²) in [5.74, 6) is -2.32. The standard InChI is InChI=1S/C22H22F5N3O/c1-11(2)6-12(3)20(28)31-21-16(22(25,26)27)7-13(10-30-21)15-4-5-29-18-9-14(23)8-17(24)19(15)18/h4-5,7-12,20H,6,28H2,1-3H3/t12?,20-/m0/s1. The van der Waals surface area contributed by atoms with Gasteiger partial charge in [0, 0.05) is 41.4 Å². The average Bonchev–Trinajstić information content (AvgIpc) is 2.66. The fourth-order valence-corrected chi connectivity index (χ4v) is 3.46. The van der Waals surface area contributed by atoms with E-state index in [9.17, 15) is 22.0 Å². The minimum absolute atomic E-state index is 0.0126. The van der Waals surface area contributed by atoms with Crippen LogP contribution in [0.1, 0.15) is 32.8 Å². The molecule has 0 spiro atoms. The molecule has 166 valence electrons. The second-order valence-electron chi connectivity index (χ2n) is 7.90. The van der Waals surface area contributed by atoms with Gasteiger partial charge in [0.15, 0.2) is 6.23 Å². The molecule has 0 fully saturated rings. The van der Waals surface area contributed by atoms with Crippen molar-refractivity contribution in [1.29, 1.82) is 0 Å². The smallest absolute Gasteiger partial charge is 0.421 e. The Balaban J connectivity index is 2.07. The van der Waals surface area contributed by atoms with E-state index >= 15 is 0 Å². The van der Waals surface area contributed by atoms with E-state index in [1.54, 1.807) is 6.92 Å². The zero-order chi connectivity index (χ0) is 22.9. The van der Waals surface area contributed by atoms with E-state index in [1.807, 2.05) is 13.8 Å². The number of alkyl halides is 3. The first-order valence-electron chi connectivity index (χ1n) is 9.71. The maximum atomic E-state index is 14.4. The maximum Gasteiger partial charge on any atom is 0.421 e. The van der Waals surface area contributed by atoms with E-state index in [0.717, 1.165) is 18.3 Å². The number of ether oxygens (including phenoxy) is 1. The molecule has 2 N–H and O–H groups in total. The molecule has 0 aliphatic heterocycles. The molecule has 4 nitrogen and oxygen atoms in total. The number of halogens is 5. The second kappa shape index (κ2) is 8.74. The minimum Gasteiger partial charge on any atom is -0.458 e. The number of fused-ring (bicyclic) bond motifs is 1. The van der Waals surface area contributed by atoms with Crippen molar-refractivity contribution in [3.8, 4) is 17.0 Å². The third-order valence-electron chi connectivity index (χ3n) is 4.88. The van der Waals surface area contributed by atoms with Crippen LogP contribution in [0.2, 0.25) is 0 Å². The van der Waals surface area contributed by atoms with Crippen LogP contribution >= 0.6 is 0 Å². The number of rotatable bonds is 6. The van der Waals surface area contributed by atoms with E-state index in [1.165, 1.54) is 12.3 Å². The summed E-state index contributed by atoms with van der Waals surface area (Å²) in [5.41, 5.74) is 4.88. The topological polar surface area (TPSA) is 61.0 Å². The van der Waals surface area contributed by atoms with Crippen molar-refractivity contribution < 1.29 is 26.7 Å². The van der Waals surface area contributed by atoms with E-state index < -0.39 is 35.5 Å². The van der Waals surface area contributed by atoms with Crippen LogP contribution in [0.4, 0.5) is 22.0 Å². The summed E-state index contributed by atoms with van der Waals surface area (Å²) >= 11 is 0. The number of nitrogens with two attached hydrogens (primary N) is 1. The fourth-order valence-electron chi connectivity index (χ4n) is 3.46. The average molecular weight is 439 g/mol. The first-order chi connectivity index (χ1) is 14.5. The van der Waals surface area contributed by atoms with Gasteiger partial charge in [-0.2, -0.15) is 13.2 Å².